The fraction of sp³-hybridized carbons (Fsp3) is 0.292. The van der Waals surface area contributed by atoms with Gasteiger partial charge in [-0.1, -0.05) is 79.7 Å². The molecule has 0 aliphatic rings. The van der Waals surface area contributed by atoms with Gasteiger partial charge < -0.3 is 19.1 Å². The molecular formula is C48H53NO9. The molecule has 0 aliphatic carbocycles. The average molecular weight is 788 g/mol. The molecule has 304 valence electrons. The number of rotatable bonds is 15. The minimum Gasteiger partial charge on any atom is -0.460 e. The maximum Gasteiger partial charge on any atom is 0.310 e. The van der Waals surface area contributed by atoms with Crippen molar-refractivity contribution in [2.24, 2.45) is 7.05 Å². The summed E-state index contributed by atoms with van der Waals surface area (Å²) in [5.41, 5.74) is 4.17. The van der Waals surface area contributed by atoms with Crippen LogP contribution < -0.4 is 0 Å². The number of hydrogen-bond acceptors (Lipinski definition) is 9. The smallest absolute Gasteiger partial charge is 0.310 e. The topological polar surface area (TPSA) is 146 Å². The number of aliphatic hydroxyl groups excluding tert-OH is 1. The number of ether oxygens (including phenoxy) is 2. The summed E-state index contributed by atoms with van der Waals surface area (Å²) in [5.74, 6) is -1.33. The van der Waals surface area contributed by atoms with Crippen LogP contribution in [0.15, 0.2) is 103 Å². The van der Waals surface area contributed by atoms with Gasteiger partial charge in [0.25, 0.3) is 0 Å². The van der Waals surface area contributed by atoms with E-state index >= 15 is 0 Å². The van der Waals surface area contributed by atoms with E-state index in [0.717, 1.165) is 16.7 Å². The Bertz CT molecular complexity index is 2190. The largest absolute Gasteiger partial charge is 0.460 e. The van der Waals surface area contributed by atoms with Crippen LogP contribution in [0.3, 0.4) is 0 Å². The molecule has 4 rings (SSSR count). The fourth-order valence-corrected chi connectivity index (χ4v) is 5.36. The number of Topliss-reactive ketones (excluding diaryl/α,β-unsaturated/α-hetero) is 1. The van der Waals surface area contributed by atoms with Crippen LogP contribution >= 0.6 is 0 Å². The van der Waals surface area contributed by atoms with E-state index in [1.54, 1.807) is 117 Å². The summed E-state index contributed by atoms with van der Waals surface area (Å²) in [7, 11) is 1.70. The van der Waals surface area contributed by atoms with Gasteiger partial charge in [-0.3, -0.25) is 28.8 Å². The number of aryl methyl sites for hydroxylation is 1. The van der Waals surface area contributed by atoms with Crippen molar-refractivity contribution in [1.82, 2.24) is 4.57 Å². The number of aromatic nitrogens is 1. The van der Waals surface area contributed by atoms with Crippen LogP contribution in [0.4, 0.5) is 0 Å². The lowest BCUT2D eigenvalue weighted by Gasteiger charge is -2.19. The number of carbonyl (C=O) groups excluding carboxylic acids is 6. The van der Waals surface area contributed by atoms with Gasteiger partial charge in [-0.05, 0) is 112 Å². The molecule has 0 spiro atoms. The SMILES string of the molecule is CCC(=O)/C=C/c1ccc(/C=C/C(=O)c2cccc(CC(=O)OC(C)(C)C)c2)cc1.Cn1cc(/C=C/C(=O)c2cccc(CC(=O)OC(C)(C)C)c2)cc1C(=O)CO. The highest BCUT2D eigenvalue weighted by atomic mass is 16.6. The van der Waals surface area contributed by atoms with E-state index in [9.17, 15) is 28.8 Å². The van der Waals surface area contributed by atoms with Crippen LogP contribution in [0.2, 0.25) is 0 Å². The Labute approximate surface area is 340 Å². The first-order chi connectivity index (χ1) is 27.2. The number of allylic oxidation sites excluding steroid dienone is 3. The van der Waals surface area contributed by atoms with Gasteiger partial charge in [-0.15, -0.1) is 0 Å². The summed E-state index contributed by atoms with van der Waals surface area (Å²) in [6.45, 7) is 12.1. The van der Waals surface area contributed by atoms with E-state index in [-0.39, 0.29) is 47.9 Å². The second-order valence-corrected chi connectivity index (χ2v) is 15.5. The molecule has 0 saturated heterocycles. The van der Waals surface area contributed by atoms with Gasteiger partial charge in [0.15, 0.2) is 17.3 Å². The summed E-state index contributed by atoms with van der Waals surface area (Å²) in [6, 6.07) is 23.0. The molecule has 0 bridgehead atoms. The van der Waals surface area contributed by atoms with E-state index in [4.69, 9.17) is 14.6 Å². The molecule has 1 aromatic heterocycles. The maximum absolute atomic E-state index is 12.5. The third-order valence-electron chi connectivity index (χ3n) is 8.02. The standard InChI is InChI=1S/C26H28O4.C22H25NO5/c1-5-23(27)15-13-19-9-11-20(12-10-19)14-16-24(28)22-8-6-7-21(17-22)18-25(29)30-26(2,3)4;1-22(2,3)28-21(27)12-15-6-5-7-17(10-15)19(25)9-8-16-11-18(20(26)14-24)23(4)13-16/h6-17H,5,18H2,1-4H3;5-11,13,24H,12,14H2,1-4H3/b15-13+,16-14+;9-8+. The first-order valence-electron chi connectivity index (χ1n) is 18.9. The first-order valence-corrected chi connectivity index (χ1v) is 18.9. The first kappa shape index (κ1) is 46.1. The second-order valence-electron chi connectivity index (χ2n) is 15.5. The number of aliphatic hydroxyl groups is 1. The van der Waals surface area contributed by atoms with Gasteiger partial charge in [-0.2, -0.15) is 0 Å². The van der Waals surface area contributed by atoms with Crippen LogP contribution in [-0.2, 0) is 43.7 Å². The van der Waals surface area contributed by atoms with Gasteiger partial charge in [0, 0.05) is 30.8 Å². The zero-order chi connectivity index (χ0) is 43.0. The zero-order valence-electron chi connectivity index (χ0n) is 34.5. The van der Waals surface area contributed by atoms with Crippen LogP contribution in [0, 0.1) is 0 Å². The van der Waals surface area contributed by atoms with Crippen LogP contribution in [-0.4, -0.2) is 62.6 Å². The van der Waals surface area contributed by atoms with Crippen molar-refractivity contribution in [3.63, 3.8) is 0 Å². The second kappa shape index (κ2) is 21.3. The number of hydrogen-bond donors (Lipinski definition) is 1. The van der Waals surface area contributed by atoms with E-state index < -0.39 is 17.8 Å². The molecule has 0 saturated carbocycles. The van der Waals surface area contributed by atoms with E-state index in [1.807, 2.05) is 52.0 Å². The molecule has 0 radical (unpaired) electrons. The zero-order valence-corrected chi connectivity index (χ0v) is 34.5. The van der Waals surface area contributed by atoms with Crippen molar-refractivity contribution in [1.29, 1.82) is 0 Å². The summed E-state index contributed by atoms with van der Waals surface area (Å²) in [6.07, 6.45) is 12.0. The van der Waals surface area contributed by atoms with Gasteiger partial charge >= 0.3 is 11.9 Å². The lowest BCUT2D eigenvalue weighted by atomic mass is 10.0. The van der Waals surface area contributed by atoms with Crippen LogP contribution in [0.1, 0.15) is 114 Å². The Balaban J connectivity index is 0.000000311. The Morgan fingerprint density at radius 1 is 0.621 bits per heavy atom. The van der Waals surface area contributed by atoms with Crippen molar-refractivity contribution in [2.45, 2.75) is 78.9 Å². The lowest BCUT2D eigenvalue weighted by molar-refractivity contribution is -0.155. The molecule has 1 heterocycles. The van der Waals surface area contributed by atoms with Crippen molar-refractivity contribution in [3.05, 3.63) is 148 Å². The number of carbonyl (C=O) groups is 6. The third-order valence-corrected chi connectivity index (χ3v) is 8.02. The summed E-state index contributed by atoms with van der Waals surface area (Å²) < 4.78 is 12.2. The number of esters is 2. The van der Waals surface area contributed by atoms with Crippen molar-refractivity contribution in [2.75, 3.05) is 6.61 Å². The Morgan fingerprint density at radius 2 is 1.05 bits per heavy atom. The minimum atomic E-state index is -0.565. The van der Waals surface area contributed by atoms with E-state index in [1.165, 1.54) is 12.2 Å². The van der Waals surface area contributed by atoms with Gasteiger partial charge in [-0.25, -0.2) is 0 Å². The molecule has 0 aliphatic heterocycles. The highest BCUT2D eigenvalue weighted by Crippen LogP contribution is 2.16. The van der Waals surface area contributed by atoms with Crippen LogP contribution in [0.25, 0.3) is 18.2 Å². The predicted octanol–water partition coefficient (Wildman–Crippen LogP) is 8.44. The predicted molar refractivity (Wildman–Crippen MR) is 226 cm³/mol. The minimum absolute atomic E-state index is 0.0819. The molecule has 10 nitrogen and oxygen atoms in total. The van der Waals surface area contributed by atoms with Crippen molar-refractivity contribution >= 4 is 53.3 Å². The molecule has 58 heavy (non-hydrogen) atoms. The quantitative estimate of drug-likeness (QED) is 0.0713. The Hall–Kier alpha value is -6.26. The van der Waals surface area contributed by atoms with Gasteiger partial charge in [0.05, 0.1) is 18.5 Å². The fourth-order valence-electron chi connectivity index (χ4n) is 5.36. The molecule has 0 atom stereocenters. The van der Waals surface area contributed by atoms with Crippen molar-refractivity contribution < 1.29 is 43.3 Å². The monoisotopic (exact) mass is 787 g/mol. The highest BCUT2D eigenvalue weighted by Gasteiger charge is 2.18. The van der Waals surface area contributed by atoms with Gasteiger partial charge in [0.2, 0.25) is 5.78 Å². The maximum atomic E-state index is 12.5. The molecule has 4 aromatic rings. The summed E-state index contributed by atoms with van der Waals surface area (Å²) in [5, 5.41) is 8.97. The summed E-state index contributed by atoms with van der Waals surface area (Å²) >= 11 is 0. The van der Waals surface area contributed by atoms with Gasteiger partial charge in [0.1, 0.15) is 17.8 Å². The normalized spacial score (nSPS) is 11.7. The third kappa shape index (κ3) is 16.5. The molecular weight excluding hydrogens is 735 g/mol. The van der Waals surface area contributed by atoms with E-state index in [0.29, 0.717) is 34.4 Å². The lowest BCUT2D eigenvalue weighted by Crippen LogP contribution is -2.24. The Kier molecular flexibility index (Phi) is 17.0. The summed E-state index contributed by atoms with van der Waals surface area (Å²) in [4.78, 5) is 71.9. The number of benzene rings is 3. The molecule has 3 aromatic carbocycles. The molecule has 0 fully saturated rings. The molecule has 1 N–H and O–H groups in total. The van der Waals surface area contributed by atoms with E-state index in [2.05, 4.69) is 0 Å². The molecule has 0 amide bonds. The Morgan fingerprint density at radius 3 is 1.47 bits per heavy atom. The highest BCUT2D eigenvalue weighted by molar-refractivity contribution is 6.08. The van der Waals surface area contributed by atoms with Crippen molar-refractivity contribution in [3.8, 4) is 0 Å². The molecule has 10 heteroatoms. The number of nitrogens with zero attached hydrogens (tertiary/aromatic N) is 1. The number of ketones is 4. The van der Waals surface area contributed by atoms with Crippen LogP contribution in [0.5, 0.6) is 0 Å². The molecule has 0 unspecified atom stereocenters. The average Bonchev–Trinajstić information content (AvgIpc) is 3.53.